The van der Waals surface area contributed by atoms with Gasteiger partial charge in [-0.05, 0) is 42.0 Å². The molecule has 1 heterocycles. The maximum absolute atomic E-state index is 12.2. The number of hydrogen-bond donors (Lipinski definition) is 1. The molecule has 0 aliphatic carbocycles. The third-order valence-electron chi connectivity index (χ3n) is 3.83. The molecule has 1 N–H and O–H groups in total. The van der Waals surface area contributed by atoms with Gasteiger partial charge in [-0.2, -0.15) is 0 Å². The predicted octanol–water partition coefficient (Wildman–Crippen LogP) is 3.42. The summed E-state index contributed by atoms with van der Waals surface area (Å²) in [6.07, 6.45) is 0. The molecule has 1 fully saturated rings. The van der Waals surface area contributed by atoms with Crippen LogP contribution in [-0.4, -0.2) is 37.1 Å². The molecule has 0 atom stereocenters. The van der Waals surface area contributed by atoms with Crippen LogP contribution in [0.1, 0.15) is 15.9 Å². The van der Waals surface area contributed by atoms with Crippen LogP contribution in [0, 0.1) is 0 Å². The molecule has 120 valence electrons. The van der Waals surface area contributed by atoms with Crippen LogP contribution in [0.25, 0.3) is 0 Å². The summed E-state index contributed by atoms with van der Waals surface area (Å²) in [5, 5.41) is 3.51. The Kier molecular flexibility index (Phi) is 5.28. The van der Waals surface area contributed by atoms with E-state index in [2.05, 4.69) is 10.2 Å². The Morgan fingerprint density at radius 2 is 1.70 bits per heavy atom. The number of carbonyl (C=O) groups excluding carboxylic acids is 1. The number of morpholine rings is 1. The van der Waals surface area contributed by atoms with Crippen LogP contribution < -0.4 is 5.32 Å². The lowest BCUT2D eigenvalue weighted by molar-refractivity contribution is 0.0342. The maximum Gasteiger partial charge on any atom is 0.255 e. The summed E-state index contributed by atoms with van der Waals surface area (Å²) in [7, 11) is 0. The van der Waals surface area contributed by atoms with Gasteiger partial charge in [0.2, 0.25) is 0 Å². The molecule has 0 saturated carbocycles. The van der Waals surface area contributed by atoms with Crippen LogP contribution in [0.3, 0.4) is 0 Å². The molecular formula is C18H19ClN2O2. The van der Waals surface area contributed by atoms with E-state index in [0.717, 1.165) is 38.5 Å². The Morgan fingerprint density at radius 3 is 2.35 bits per heavy atom. The number of anilines is 1. The molecule has 3 rings (SSSR count). The van der Waals surface area contributed by atoms with Crippen molar-refractivity contribution >= 4 is 23.2 Å². The molecule has 2 aromatic carbocycles. The highest BCUT2D eigenvalue weighted by Crippen LogP contribution is 2.15. The number of rotatable bonds is 4. The van der Waals surface area contributed by atoms with Crippen molar-refractivity contribution in [2.75, 3.05) is 31.6 Å². The number of benzene rings is 2. The van der Waals surface area contributed by atoms with Crippen molar-refractivity contribution in [3.63, 3.8) is 0 Å². The lowest BCUT2D eigenvalue weighted by Gasteiger charge is -2.26. The maximum atomic E-state index is 12.2. The van der Waals surface area contributed by atoms with E-state index in [-0.39, 0.29) is 5.91 Å². The van der Waals surface area contributed by atoms with Gasteiger partial charge in [-0.3, -0.25) is 9.69 Å². The number of halogens is 1. The summed E-state index contributed by atoms with van der Waals surface area (Å²) in [5.74, 6) is -0.120. The standard InChI is InChI=1S/C18H19ClN2O2/c19-16-5-7-17(8-6-16)20-18(22)15-3-1-14(2-4-15)13-21-9-11-23-12-10-21/h1-8H,9-13H2,(H,20,22). The Hall–Kier alpha value is -1.88. The first-order valence-corrected chi connectivity index (χ1v) is 8.04. The summed E-state index contributed by atoms with van der Waals surface area (Å²) in [6.45, 7) is 4.39. The molecule has 0 aromatic heterocycles. The molecule has 0 spiro atoms. The lowest BCUT2D eigenvalue weighted by Crippen LogP contribution is -2.35. The normalized spacial score (nSPS) is 15.3. The first-order chi connectivity index (χ1) is 11.2. The van der Waals surface area contributed by atoms with Gasteiger partial charge in [0.05, 0.1) is 13.2 Å². The molecule has 0 radical (unpaired) electrons. The number of hydrogen-bond acceptors (Lipinski definition) is 3. The summed E-state index contributed by atoms with van der Waals surface area (Å²) in [5.41, 5.74) is 2.58. The largest absolute Gasteiger partial charge is 0.379 e. The molecule has 1 amide bonds. The van der Waals surface area contributed by atoms with Gasteiger partial charge in [-0.25, -0.2) is 0 Å². The minimum absolute atomic E-state index is 0.120. The van der Waals surface area contributed by atoms with Crippen LogP contribution in [0.5, 0.6) is 0 Å². The molecule has 1 aliphatic rings. The van der Waals surface area contributed by atoms with Gasteiger partial charge < -0.3 is 10.1 Å². The van der Waals surface area contributed by atoms with Crippen molar-refractivity contribution in [2.24, 2.45) is 0 Å². The molecule has 1 aliphatic heterocycles. The van der Waals surface area contributed by atoms with Crippen molar-refractivity contribution < 1.29 is 9.53 Å². The van der Waals surface area contributed by atoms with Gasteiger partial charge in [0.1, 0.15) is 0 Å². The number of carbonyl (C=O) groups is 1. The van der Waals surface area contributed by atoms with Crippen molar-refractivity contribution in [2.45, 2.75) is 6.54 Å². The van der Waals surface area contributed by atoms with Crippen LogP contribution in [0.4, 0.5) is 5.69 Å². The number of amides is 1. The molecule has 4 nitrogen and oxygen atoms in total. The predicted molar refractivity (Wildman–Crippen MR) is 91.9 cm³/mol. The Balaban J connectivity index is 1.59. The molecular weight excluding hydrogens is 312 g/mol. The number of ether oxygens (including phenoxy) is 1. The van der Waals surface area contributed by atoms with Crippen LogP contribution in [0.15, 0.2) is 48.5 Å². The van der Waals surface area contributed by atoms with Gasteiger partial charge in [0.15, 0.2) is 0 Å². The highest BCUT2D eigenvalue weighted by Gasteiger charge is 2.11. The second kappa shape index (κ2) is 7.59. The number of nitrogens with zero attached hydrogens (tertiary/aromatic N) is 1. The SMILES string of the molecule is O=C(Nc1ccc(Cl)cc1)c1ccc(CN2CCOCC2)cc1. The van der Waals surface area contributed by atoms with E-state index in [1.165, 1.54) is 5.56 Å². The summed E-state index contributed by atoms with van der Waals surface area (Å²) in [6, 6.07) is 14.8. The minimum atomic E-state index is -0.120. The van der Waals surface area contributed by atoms with Gasteiger partial charge in [0, 0.05) is 35.9 Å². The van der Waals surface area contributed by atoms with Crippen molar-refractivity contribution in [3.8, 4) is 0 Å². The monoisotopic (exact) mass is 330 g/mol. The third-order valence-corrected chi connectivity index (χ3v) is 4.08. The van der Waals surface area contributed by atoms with E-state index in [9.17, 15) is 4.79 Å². The quantitative estimate of drug-likeness (QED) is 0.934. The van der Waals surface area contributed by atoms with Gasteiger partial charge >= 0.3 is 0 Å². The fraction of sp³-hybridized carbons (Fsp3) is 0.278. The number of nitrogens with one attached hydrogen (secondary N) is 1. The second-order valence-corrected chi connectivity index (χ2v) is 5.98. The molecule has 23 heavy (non-hydrogen) atoms. The fourth-order valence-electron chi connectivity index (χ4n) is 2.52. The summed E-state index contributed by atoms with van der Waals surface area (Å²) >= 11 is 5.84. The summed E-state index contributed by atoms with van der Waals surface area (Å²) < 4.78 is 5.35. The highest BCUT2D eigenvalue weighted by atomic mass is 35.5. The summed E-state index contributed by atoms with van der Waals surface area (Å²) in [4.78, 5) is 14.6. The van der Waals surface area contributed by atoms with Gasteiger partial charge in [0.25, 0.3) is 5.91 Å². The van der Waals surface area contributed by atoms with Gasteiger partial charge in [-0.15, -0.1) is 0 Å². The Labute approximate surface area is 141 Å². The second-order valence-electron chi connectivity index (χ2n) is 5.55. The first kappa shape index (κ1) is 16.0. The van der Waals surface area contributed by atoms with Crippen LogP contribution >= 0.6 is 11.6 Å². The Morgan fingerprint density at radius 1 is 1.04 bits per heavy atom. The zero-order valence-electron chi connectivity index (χ0n) is 12.8. The van der Waals surface area contributed by atoms with Crippen molar-refractivity contribution in [1.82, 2.24) is 4.90 Å². The van der Waals surface area contributed by atoms with Crippen LogP contribution in [-0.2, 0) is 11.3 Å². The zero-order chi connectivity index (χ0) is 16.1. The third kappa shape index (κ3) is 4.55. The lowest BCUT2D eigenvalue weighted by atomic mass is 10.1. The topological polar surface area (TPSA) is 41.6 Å². The van der Waals surface area contributed by atoms with E-state index in [1.54, 1.807) is 24.3 Å². The fourth-order valence-corrected chi connectivity index (χ4v) is 2.64. The van der Waals surface area contributed by atoms with Crippen molar-refractivity contribution in [3.05, 3.63) is 64.7 Å². The van der Waals surface area contributed by atoms with E-state index in [0.29, 0.717) is 10.6 Å². The van der Waals surface area contributed by atoms with E-state index >= 15 is 0 Å². The first-order valence-electron chi connectivity index (χ1n) is 7.67. The minimum Gasteiger partial charge on any atom is -0.379 e. The Bertz CT molecular complexity index is 650. The highest BCUT2D eigenvalue weighted by molar-refractivity contribution is 6.30. The average Bonchev–Trinajstić information content (AvgIpc) is 2.58. The van der Waals surface area contributed by atoms with Crippen molar-refractivity contribution in [1.29, 1.82) is 0 Å². The molecule has 0 unspecified atom stereocenters. The average molecular weight is 331 g/mol. The van der Waals surface area contributed by atoms with E-state index in [4.69, 9.17) is 16.3 Å². The van der Waals surface area contributed by atoms with E-state index < -0.39 is 0 Å². The smallest absolute Gasteiger partial charge is 0.255 e. The molecule has 1 saturated heterocycles. The van der Waals surface area contributed by atoms with Gasteiger partial charge in [-0.1, -0.05) is 23.7 Å². The zero-order valence-corrected chi connectivity index (χ0v) is 13.6. The van der Waals surface area contributed by atoms with E-state index in [1.807, 2.05) is 24.3 Å². The van der Waals surface area contributed by atoms with Crippen LogP contribution in [0.2, 0.25) is 5.02 Å². The molecule has 2 aromatic rings. The molecule has 5 heteroatoms. The molecule has 0 bridgehead atoms.